The summed E-state index contributed by atoms with van der Waals surface area (Å²) in [6.45, 7) is 10.6. The first kappa shape index (κ1) is 17.4. The van der Waals surface area contributed by atoms with Gasteiger partial charge in [-0.1, -0.05) is 0 Å². The number of methoxy groups -OCH3 is 1. The van der Waals surface area contributed by atoms with Crippen LogP contribution in [0.25, 0.3) is 0 Å². The summed E-state index contributed by atoms with van der Waals surface area (Å²) in [6, 6.07) is 1.92. The molecule has 0 radical (unpaired) electrons. The fourth-order valence-electron chi connectivity index (χ4n) is 3.38. The third-order valence-electron chi connectivity index (χ3n) is 4.80. The van der Waals surface area contributed by atoms with Crippen LogP contribution in [0.1, 0.15) is 12.8 Å². The SMILES string of the molecule is COc1cc(N2CCCN(CCCN3CCOCC3)CC2)ncn1. The smallest absolute Gasteiger partial charge is 0.218 e. The fraction of sp³-hybridized carbons (Fsp3) is 0.765. The minimum absolute atomic E-state index is 0.631. The maximum absolute atomic E-state index is 5.41. The van der Waals surface area contributed by atoms with Gasteiger partial charge in [-0.15, -0.1) is 0 Å². The van der Waals surface area contributed by atoms with E-state index >= 15 is 0 Å². The first-order chi connectivity index (χ1) is 11.8. The van der Waals surface area contributed by atoms with Crippen molar-refractivity contribution in [2.75, 3.05) is 77.6 Å². The molecule has 0 amide bonds. The molecule has 2 aliphatic rings. The van der Waals surface area contributed by atoms with E-state index in [2.05, 4.69) is 24.7 Å². The zero-order valence-electron chi connectivity index (χ0n) is 14.7. The fourth-order valence-corrected chi connectivity index (χ4v) is 3.38. The monoisotopic (exact) mass is 335 g/mol. The average Bonchev–Trinajstić information content (AvgIpc) is 2.88. The Morgan fingerprint density at radius 2 is 1.79 bits per heavy atom. The van der Waals surface area contributed by atoms with Gasteiger partial charge in [0.1, 0.15) is 12.1 Å². The zero-order chi connectivity index (χ0) is 16.6. The number of rotatable bonds is 6. The quantitative estimate of drug-likeness (QED) is 0.759. The van der Waals surface area contributed by atoms with Crippen LogP contribution in [0.2, 0.25) is 0 Å². The topological polar surface area (TPSA) is 54.0 Å². The third kappa shape index (κ3) is 5.03. The molecule has 0 aliphatic carbocycles. The van der Waals surface area contributed by atoms with Gasteiger partial charge in [0, 0.05) is 38.8 Å². The summed E-state index contributed by atoms with van der Waals surface area (Å²) >= 11 is 0. The van der Waals surface area contributed by atoms with Crippen LogP contribution in [0, 0.1) is 0 Å². The van der Waals surface area contributed by atoms with E-state index in [0.717, 1.165) is 51.8 Å². The minimum Gasteiger partial charge on any atom is -0.481 e. The second kappa shape index (κ2) is 9.15. The highest BCUT2D eigenvalue weighted by molar-refractivity contribution is 5.40. The number of anilines is 1. The zero-order valence-corrected chi connectivity index (χ0v) is 14.7. The summed E-state index contributed by atoms with van der Waals surface area (Å²) in [5.74, 6) is 1.60. The highest BCUT2D eigenvalue weighted by atomic mass is 16.5. The molecule has 24 heavy (non-hydrogen) atoms. The van der Waals surface area contributed by atoms with E-state index in [9.17, 15) is 0 Å². The van der Waals surface area contributed by atoms with Crippen LogP contribution in [0.15, 0.2) is 12.4 Å². The molecule has 0 unspecified atom stereocenters. The highest BCUT2D eigenvalue weighted by Gasteiger charge is 2.17. The van der Waals surface area contributed by atoms with Gasteiger partial charge in [-0.05, 0) is 32.5 Å². The van der Waals surface area contributed by atoms with Gasteiger partial charge < -0.3 is 19.3 Å². The first-order valence-corrected chi connectivity index (χ1v) is 8.98. The van der Waals surface area contributed by atoms with Gasteiger partial charge in [0.05, 0.1) is 20.3 Å². The van der Waals surface area contributed by atoms with Gasteiger partial charge in [0.25, 0.3) is 0 Å². The van der Waals surface area contributed by atoms with E-state index in [1.54, 1.807) is 13.4 Å². The van der Waals surface area contributed by atoms with E-state index in [4.69, 9.17) is 9.47 Å². The van der Waals surface area contributed by atoms with Crippen LogP contribution in [0.4, 0.5) is 5.82 Å². The van der Waals surface area contributed by atoms with Gasteiger partial charge in [0.2, 0.25) is 5.88 Å². The number of hydrogen-bond acceptors (Lipinski definition) is 7. The number of aromatic nitrogens is 2. The average molecular weight is 335 g/mol. The Balaban J connectivity index is 1.42. The first-order valence-electron chi connectivity index (χ1n) is 8.98. The molecule has 1 aromatic rings. The lowest BCUT2D eigenvalue weighted by molar-refractivity contribution is 0.0362. The molecule has 7 nitrogen and oxygen atoms in total. The molecule has 3 heterocycles. The molecule has 0 saturated carbocycles. The maximum Gasteiger partial charge on any atom is 0.218 e. The summed E-state index contributed by atoms with van der Waals surface area (Å²) in [5, 5.41) is 0. The van der Waals surface area contributed by atoms with Crippen LogP contribution >= 0.6 is 0 Å². The maximum atomic E-state index is 5.41. The van der Waals surface area contributed by atoms with Gasteiger partial charge in [-0.2, -0.15) is 0 Å². The molecule has 0 bridgehead atoms. The highest BCUT2D eigenvalue weighted by Crippen LogP contribution is 2.17. The van der Waals surface area contributed by atoms with Crippen LogP contribution in [-0.4, -0.2) is 92.4 Å². The van der Waals surface area contributed by atoms with E-state index in [1.807, 2.05) is 6.07 Å². The Kier molecular flexibility index (Phi) is 6.63. The molecule has 0 spiro atoms. The van der Waals surface area contributed by atoms with Crippen molar-refractivity contribution in [2.24, 2.45) is 0 Å². The van der Waals surface area contributed by atoms with E-state index in [1.165, 1.54) is 32.5 Å². The molecule has 2 saturated heterocycles. The molecule has 1 aromatic heterocycles. The second-order valence-corrected chi connectivity index (χ2v) is 6.41. The lowest BCUT2D eigenvalue weighted by Gasteiger charge is -2.28. The van der Waals surface area contributed by atoms with Crippen molar-refractivity contribution in [2.45, 2.75) is 12.8 Å². The summed E-state index contributed by atoms with van der Waals surface area (Å²) in [6.07, 6.45) is 3.99. The van der Waals surface area contributed by atoms with Crippen molar-refractivity contribution in [1.82, 2.24) is 19.8 Å². The molecule has 134 valence electrons. The van der Waals surface area contributed by atoms with Crippen molar-refractivity contribution in [3.05, 3.63) is 12.4 Å². The van der Waals surface area contributed by atoms with Crippen LogP contribution in [0.5, 0.6) is 5.88 Å². The van der Waals surface area contributed by atoms with Crippen LogP contribution in [0.3, 0.4) is 0 Å². The van der Waals surface area contributed by atoms with Crippen molar-refractivity contribution in [1.29, 1.82) is 0 Å². The molecular formula is C17H29N5O2. The Morgan fingerprint density at radius 1 is 1.00 bits per heavy atom. The van der Waals surface area contributed by atoms with Crippen LogP contribution in [-0.2, 0) is 4.74 Å². The number of morpholine rings is 1. The summed E-state index contributed by atoms with van der Waals surface area (Å²) < 4.78 is 10.6. The standard InChI is InChI=1S/C17H29N5O2/c1-23-17-14-16(18-15-19-17)22-7-3-6-20(8-9-22)4-2-5-21-10-12-24-13-11-21/h14-15H,2-13H2,1H3. The van der Waals surface area contributed by atoms with Crippen molar-refractivity contribution in [3.63, 3.8) is 0 Å². The molecular weight excluding hydrogens is 306 g/mol. The second-order valence-electron chi connectivity index (χ2n) is 6.41. The van der Waals surface area contributed by atoms with E-state index in [-0.39, 0.29) is 0 Å². The van der Waals surface area contributed by atoms with Gasteiger partial charge >= 0.3 is 0 Å². The summed E-state index contributed by atoms with van der Waals surface area (Å²) in [7, 11) is 1.64. The van der Waals surface area contributed by atoms with Gasteiger partial charge in [0.15, 0.2) is 0 Å². The lowest BCUT2D eigenvalue weighted by Crippen LogP contribution is -2.38. The van der Waals surface area contributed by atoms with Crippen molar-refractivity contribution >= 4 is 5.82 Å². The number of ether oxygens (including phenoxy) is 2. The van der Waals surface area contributed by atoms with Crippen molar-refractivity contribution < 1.29 is 9.47 Å². The minimum atomic E-state index is 0.631. The predicted octanol–water partition coefficient (Wildman–Crippen LogP) is 0.720. The number of hydrogen-bond donors (Lipinski definition) is 0. The molecule has 0 aromatic carbocycles. The third-order valence-corrected chi connectivity index (χ3v) is 4.80. The Morgan fingerprint density at radius 3 is 2.58 bits per heavy atom. The largest absolute Gasteiger partial charge is 0.481 e. The molecule has 2 aliphatic heterocycles. The molecule has 7 heteroatoms. The molecule has 0 N–H and O–H groups in total. The molecule has 2 fully saturated rings. The Bertz CT molecular complexity index is 496. The normalized spacial score (nSPS) is 20.8. The van der Waals surface area contributed by atoms with Crippen molar-refractivity contribution in [3.8, 4) is 5.88 Å². The summed E-state index contributed by atoms with van der Waals surface area (Å²) in [4.78, 5) is 15.9. The van der Waals surface area contributed by atoms with Crippen LogP contribution < -0.4 is 9.64 Å². The summed E-state index contributed by atoms with van der Waals surface area (Å²) in [5.41, 5.74) is 0. The molecule has 0 atom stereocenters. The Labute approximate surface area is 144 Å². The van der Waals surface area contributed by atoms with E-state index < -0.39 is 0 Å². The number of nitrogens with zero attached hydrogens (tertiary/aromatic N) is 5. The predicted molar refractivity (Wildman–Crippen MR) is 93.7 cm³/mol. The van der Waals surface area contributed by atoms with E-state index in [0.29, 0.717) is 5.88 Å². The lowest BCUT2D eigenvalue weighted by atomic mass is 10.3. The Hall–Kier alpha value is -1.44. The van der Waals surface area contributed by atoms with Gasteiger partial charge in [-0.3, -0.25) is 4.90 Å². The molecule has 3 rings (SSSR count). The van der Waals surface area contributed by atoms with Gasteiger partial charge in [-0.25, -0.2) is 9.97 Å².